The number of aromatic nitrogens is 4. The van der Waals surface area contributed by atoms with Gasteiger partial charge < -0.3 is 9.84 Å². The minimum absolute atomic E-state index is 0.168. The lowest BCUT2D eigenvalue weighted by Crippen LogP contribution is -2.01. The minimum atomic E-state index is 0.168. The monoisotopic (exact) mass is 356 g/mol. The smallest absolute Gasteiger partial charge is 0.196 e. The van der Waals surface area contributed by atoms with Gasteiger partial charge in [0.15, 0.2) is 11.0 Å². The SMILES string of the molecule is CCOc1ccc(-n2c(SCCCO)nnc2-c2ccncc2)cc1. The van der Waals surface area contributed by atoms with Gasteiger partial charge in [-0.05, 0) is 49.7 Å². The topological polar surface area (TPSA) is 73.1 Å². The highest BCUT2D eigenvalue weighted by Crippen LogP contribution is 2.28. The van der Waals surface area contributed by atoms with Crippen molar-refractivity contribution in [2.45, 2.75) is 18.5 Å². The Labute approximate surface area is 150 Å². The number of aliphatic hydroxyl groups is 1. The van der Waals surface area contributed by atoms with Crippen molar-refractivity contribution in [2.75, 3.05) is 19.0 Å². The minimum Gasteiger partial charge on any atom is -0.494 e. The van der Waals surface area contributed by atoms with Gasteiger partial charge in [-0.25, -0.2) is 0 Å². The van der Waals surface area contributed by atoms with Crippen LogP contribution in [-0.2, 0) is 0 Å². The summed E-state index contributed by atoms with van der Waals surface area (Å²) in [4.78, 5) is 4.07. The van der Waals surface area contributed by atoms with Crippen LogP contribution in [-0.4, -0.2) is 43.8 Å². The zero-order chi connectivity index (χ0) is 17.5. The lowest BCUT2D eigenvalue weighted by atomic mass is 10.2. The summed E-state index contributed by atoms with van der Waals surface area (Å²) in [5.41, 5.74) is 1.91. The van der Waals surface area contributed by atoms with Crippen LogP contribution >= 0.6 is 11.8 Å². The van der Waals surface area contributed by atoms with Crippen LogP contribution < -0.4 is 4.74 Å². The molecule has 2 aromatic heterocycles. The highest BCUT2D eigenvalue weighted by Gasteiger charge is 2.16. The van der Waals surface area contributed by atoms with Gasteiger partial charge in [0.2, 0.25) is 0 Å². The second-order valence-corrected chi connectivity index (χ2v) is 6.29. The number of benzene rings is 1. The summed E-state index contributed by atoms with van der Waals surface area (Å²) < 4.78 is 7.54. The van der Waals surface area contributed by atoms with Crippen LogP contribution in [0.4, 0.5) is 0 Å². The molecule has 0 saturated heterocycles. The Hall–Kier alpha value is -2.38. The molecule has 2 heterocycles. The highest BCUT2D eigenvalue weighted by atomic mass is 32.2. The molecule has 3 rings (SSSR count). The average molecular weight is 356 g/mol. The fourth-order valence-corrected chi connectivity index (χ4v) is 3.25. The number of ether oxygens (including phenoxy) is 1. The van der Waals surface area contributed by atoms with E-state index in [1.54, 1.807) is 24.2 Å². The number of hydrogen-bond donors (Lipinski definition) is 1. The molecule has 25 heavy (non-hydrogen) atoms. The van der Waals surface area contributed by atoms with Gasteiger partial charge in [-0.3, -0.25) is 9.55 Å². The first-order chi connectivity index (χ1) is 12.3. The average Bonchev–Trinajstić information content (AvgIpc) is 3.07. The van der Waals surface area contributed by atoms with E-state index < -0.39 is 0 Å². The molecular formula is C18H20N4O2S. The van der Waals surface area contributed by atoms with Crippen LogP contribution in [0.2, 0.25) is 0 Å². The number of thioether (sulfide) groups is 1. The van der Waals surface area contributed by atoms with Crippen LogP contribution in [0, 0.1) is 0 Å². The van der Waals surface area contributed by atoms with Crippen molar-refractivity contribution < 1.29 is 9.84 Å². The molecule has 0 spiro atoms. The van der Waals surface area contributed by atoms with Gasteiger partial charge in [-0.1, -0.05) is 11.8 Å². The van der Waals surface area contributed by atoms with Crippen LogP contribution in [0.25, 0.3) is 17.1 Å². The van der Waals surface area contributed by atoms with Gasteiger partial charge in [0.05, 0.1) is 6.61 Å². The second-order valence-electron chi connectivity index (χ2n) is 5.23. The van der Waals surface area contributed by atoms with Crippen LogP contribution in [0.3, 0.4) is 0 Å². The van der Waals surface area contributed by atoms with Gasteiger partial charge >= 0.3 is 0 Å². The van der Waals surface area contributed by atoms with E-state index in [-0.39, 0.29) is 6.61 Å². The molecule has 0 aliphatic rings. The van der Waals surface area contributed by atoms with E-state index in [2.05, 4.69) is 15.2 Å². The fraction of sp³-hybridized carbons (Fsp3) is 0.278. The van der Waals surface area contributed by atoms with Crippen molar-refractivity contribution in [3.63, 3.8) is 0 Å². The summed E-state index contributed by atoms with van der Waals surface area (Å²) in [6.07, 6.45) is 4.20. The lowest BCUT2D eigenvalue weighted by molar-refractivity contribution is 0.296. The van der Waals surface area contributed by atoms with Crippen molar-refractivity contribution >= 4 is 11.8 Å². The summed E-state index contributed by atoms with van der Waals surface area (Å²) in [5.74, 6) is 2.37. The quantitative estimate of drug-likeness (QED) is 0.493. The third-order valence-corrected chi connectivity index (χ3v) is 4.53. The van der Waals surface area contributed by atoms with E-state index in [9.17, 15) is 0 Å². The summed E-state index contributed by atoms with van der Waals surface area (Å²) in [6.45, 7) is 2.77. The number of rotatable bonds is 8. The molecule has 3 aromatic rings. The molecule has 130 valence electrons. The Kier molecular flexibility index (Phi) is 6.03. The fourth-order valence-electron chi connectivity index (χ4n) is 2.37. The van der Waals surface area contributed by atoms with Gasteiger partial charge in [0.1, 0.15) is 5.75 Å². The summed E-state index contributed by atoms with van der Waals surface area (Å²) in [7, 11) is 0. The van der Waals surface area contributed by atoms with E-state index in [1.165, 1.54) is 0 Å². The first-order valence-electron chi connectivity index (χ1n) is 8.16. The van der Waals surface area contributed by atoms with Crippen molar-refractivity contribution in [3.8, 4) is 22.8 Å². The van der Waals surface area contributed by atoms with Crippen molar-refractivity contribution in [3.05, 3.63) is 48.8 Å². The second kappa shape index (κ2) is 8.64. The third kappa shape index (κ3) is 4.18. The lowest BCUT2D eigenvalue weighted by Gasteiger charge is -2.11. The Morgan fingerprint density at radius 1 is 1.08 bits per heavy atom. The Morgan fingerprint density at radius 2 is 1.84 bits per heavy atom. The summed E-state index contributed by atoms with van der Waals surface area (Å²) in [5, 5.41) is 18.5. The molecule has 6 nitrogen and oxygen atoms in total. The molecule has 0 fully saturated rings. The molecule has 0 bridgehead atoms. The number of nitrogens with zero attached hydrogens (tertiary/aromatic N) is 4. The molecule has 0 amide bonds. The standard InChI is InChI=1S/C18H20N4O2S/c1-2-24-16-6-4-15(5-7-16)22-17(14-8-10-19-11-9-14)20-21-18(22)25-13-3-12-23/h4-11,23H,2-3,12-13H2,1H3. The van der Waals surface area contributed by atoms with Crippen LogP contribution in [0.15, 0.2) is 53.9 Å². The maximum atomic E-state index is 9.02. The van der Waals surface area contributed by atoms with E-state index in [0.717, 1.165) is 33.7 Å². The first kappa shape index (κ1) is 17.4. The molecular weight excluding hydrogens is 336 g/mol. The summed E-state index contributed by atoms with van der Waals surface area (Å²) >= 11 is 1.58. The van der Waals surface area contributed by atoms with E-state index in [1.807, 2.05) is 47.9 Å². The first-order valence-corrected chi connectivity index (χ1v) is 9.14. The molecule has 7 heteroatoms. The van der Waals surface area contributed by atoms with E-state index >= 15 is 0 Å². The van der Waals surface area contributed by atoms with Gasteiger partial charge in [-0.15, -0.1) is 10.2 Å². The molecule has 0 atom stereocenters. The predicted molar refractivity (Wildman–Crippen MR) is 98.2 cm³/mol. The molecule has 0 unspecified atom stereocenters. The van der Waals surface area contributed by atoms with Crippen LogP contribution in [0.1, 0.15) is 13.3 Å². The third-order valence-electron chi connectivity index (χ3n) is 3.51. The van der Waals surface area contributed by atoms with E-state index in [4.69, 9.17) is 9.84 Å². The predicted octanol–water partition coefficient (Wildman–Crippen LogP) is 3.20. The molecule has 0 saturated carbocycles. The summed E-state index contributed by atoms with van der Waals surface area (Å²) in [6, 6.07) is 11.7. The van der Waals surface area contributed by atoms with Crippen molar-refractivity contribution in [2.24, 2.45) is 0 Å². The number of hydrogen-bond acceptors (Lipinski definition) is 6. The van der Waals surface area contributed by atoms with Crippen molar-refractivity contribution in [1.29, 1.82) is 0 Å². The number of pyridine rings is 1. The maximum Gasteiger partial charge on any atom is 0.196 e. The Balaban J connectivity index is 1.99. The Morgan fingerprint density at radius 3 is 2.52 bits per heavy atom. The molecule has 1 N–H and O–H groups in total. The normalized spacial score (nSPS) is 10.8. The molecule has 0 radical (unpaired) electrons. The molecule has 0 aliphatic heterocycles. The van der Waals surface area contributed by atoms with Gasteiger partial charge in [0, 0.05) is 36.0 Å². The van der Waals surface area contributed by atoms with Gasteiger partial charge in [-0.2, -0.15) is 0 Å². The zero-order valence-corrected chi connectivity index (χ0v) is 14.8. The van der Waals surface area contributed by atoms with Crippen molar-refractivity contribution in [1.82, 2.24) is 19.7 Å². The van der Waals surface area contributed by atoms with E-state index in [0.29, 0.717) is 13.0 Å². The largest absolute Gasteiger partial charge is 0.494 e. The molecule has 0 aliphatic carbocycles. The Bertz CT molecular complexity index is 791. The molecule has 1 aromatic carbocycles. The maximum absolute atomic E-state index is 9.02. The van der Waals surface area contributed by atoms with Crippen LogP contribution in [0.5, 0.6) is 5.75 Å². The zero-order valence-electron chi connectivity index (χ0n) is 14.0. The van der Waals surface area contributed by atoms with Gasteiger partial charge in [0.25, 0.3) is 0 Å². The number of aliphatic hydroxyl groups excluding tert-OH is 1. The highest BCUT2D eigenvalue weighted by molar-refractivity contribution is 7.99.